The number of furan rings is 1. The number of rotatable bonds is 8. The van der Waals surface area contributed by atoms with E-state index in [1.165, 1.54) is 15.3 Å². The second-order valence-electron chi connectivity index (χ2n) is 8.04. The van der Waals surface area contributed by atoms with Crippen molar-refractivity contribution in [1.82, 2.24) is 9.21 Å². The minimum absolute atomic E-state index is 0.0292. The van der Waals surface area contributed by atoms with Gasteiger partial charge in [-0.2, -0.15) is 4.31 Å². The number of nitrogens with zero attached hydrogens (tertiary/aromatic N) is 2. The van der Waals surface area contributed by atoms with Crippen LogP contribution in [0.3, 0.4) is 0 Å². The number of para-hydroxylation sites is 1. The number of hydrogen-bond donors (Lipinski definition) is 0. The van der Waals surface area contributed by atoms with Gasteiger partial charge >= 0.3 is 5.97 Å². The molecule has 10 heteroatoms. The second-order valence-corrected chi connectivity index (χ2v) is 9.98. The predicted molar refractivity (Wildman–Crippen MR) is 126 cm³/mol. The Kier molecular flexibility index (Phi) is 7.52. The molecule has 0 aliphatic carbocycles. The first-order valence-corrected chi connectivity index (χ1v) is 12.6. The summed E-state index contributed by atoms with van der Waals surface area (Å²) in [5, 5.41) is 0. The molecule has 1 fully saturated rings. The van der Waals surface area contributed by atoms with Gasteiger partial charge in [0, 0.05) is 26.2 Å². The first-order chi connectivity index (χ1) is 16.8. The Balaban J connectivity index is 1.23. The average molecular weight is 499 g/mol. The SMILES string of the molecule is Cc1ccc(S(=O)(=O)N2CCN(C(=O)COC(=O)c3ccc(COc4ccccc4)o3)CC2)cc1. The normalized spacial score (nSPS) is 14.5. The lowest BCUT2D eigenvalue weighted by Crippen LogP contribution is -2.51. The van der Waals surface area contributed by atoms with Crippen molar-refractivity contribution in [2.45, 2.75) is 18.4 Å². The number of esters is 1. The number of aryl methyl sites for hydroxylation is 1. The van der Waals surface area contributed by atoms with Crippen LogP contribution < -0.4 is 4.74 Å². The van der Waals surface area contributed by atoms with Crippen LogP contribution in [0, 0.1) is 6.92 Å². The van der Waals surface area contributed by atoms with Crippen LogP contribution >= 0.6 is 0 Å². The Morgan fingerprint density at radius 3 is 2.29 bits per heavy atom. The summed E-state index contributed by atoms with van der Waals surface area (Å²) in [5.41, 5.74) is 0.972. The molecule has 1 aliphatic heterocycles. The molecule has 0 spiro atoms. The number of sulfonamides is 1. The van der Waals surface area contributed by atoms with E-state index >= 15 is 0 Å². The highest BCUT2D eigenvalue weighted by atomic mass is 32.2. The van der Waals surface area contributed by atoms with Crippen molar-refractivity contribution in [3.8, 4) is 5.75 Å². The highest BCUT2D eigenvalue weighted by molar-refractivity contribution is 7.89. The Morgan fingerprint density at radius 2 is 1.60 bits per heavy atom. The molecule has 35 heavy (non-hydrogen) atoms. The van der Waals surface area contributed by atoms with Crippen molar-refractivity contribution in [2.75, 3.05) is 32.8 Å². The molecule has 0 saturated carbocycles. The average Bonchev–Trinajstić information content (AvgIpc) is 3.36. The van der Waals surface area contributed by atoms with Crippen LogP contribution in [0.2, 0.25) is 0 Å². The summed E-state index contributed by atoms with van der Waals surface area (Å²) in [6.07, 6.45) is 0. The highest BCUT2D eigenvalue weighted by Gasteiger charge is 2.30. The number of benzene rings is 2. The second kappa shape index (κ2) is 10.7. The zero-order valence-corrected chi connectivity index (χ0v) is 20.1. The van der Waals surface area contributed by atoms with Gasteiger partial charge < -0.3 is 18.8 Å². The third-order valence-electron chi connectivity index (χ3n) is 5.56. The summed E-state index contributed by atoms with van der Waals surface area (Å²) in [6.45, 7) is 2.33. The van der Waals surface area contributed by atoms with E-state index in [2.05, 4.69) is 0 Å². The molecule has 0 N–H and O–H groups in total. The molecular weight excluding hydrogens is 472 g/mol. The minimum Gasteiger partial charge on any atom is -0.486 e. The number of piperazine rings is 1. The lowest BCUT2D eigenvalue weighted by Gasteiger charge is -2.33. The van der Waals surface area contributed by atoms with Gasteiger partial charge in [0.1, 0.15) is 18.1 Å². The highest BCUT2D eigenvalue weighted by Crippen LogP contribution is 2.19. The maximum Gasteiger partial charge on any atom is 0.374 e. The molecule has 9 nitrogen and oxygen atoms in total. The van der Waals surface area contributed by atoms with Crippen molar-refractivity contribution in [3.05, 3.63) is 83.8 Å². The van der Waals surface area contributed by atoms with Crippen LogP contribution in [0.15, 0.2) is 76.0 Å². The van der Waals surface area contributed by atoms with E-state index in [9.17, 15) is 18.0 Å². The van der Waals surface area contributed by atoms with Gasteiger partial charge in [0.2, 0.25) is 15.8 Å². The lowest BCUT2D eigenvalue weighted by molar-refractivity contribution is -0.135. The van der Waals surface area contributed by atoms with Gasteiger partial charge in [-0.15, -0.1) is 0 Å². The molecule has 1 saturated heterocycles. The summed E-state index contributed by atoms with van der Waals surface area (Å²) in [5.74, 6) is -0.0725. The molecule has 184 valence electrons. The monoisotopic (exact) mass is 498 g/mol. The largest absolute Gasteiger partial charge is 0.486 e. The quantitative estimate of drug-likeness (QED) is 0.440. The maximum atomic E-state index is 12.8. The molecule has 2 heterocycles. The van der Waals surface area contributed by atoms with E-state index in [4.69, 9.17) is 13.9 Å². The Morgan fingerprint density at radius 1 is 0.914 bits per heavy atom. The van der Waals surface area contributed by atoms with E-state index in [0.717, 1.165) is 5.56 Å². The van der Waals surface area contributed by atoms with Gasteiger partial charge in [-0.1, -0.05) is 35.9 Å². The van der Waals surface area contributed by atoms with Crippen LogP contribution in [0.5, 0.6) is 5.75 Å². The Labute approximate surface area is 203 Å². The van der Waals surface area contributed by atoms with Crippen molar-refractivity contribution in [2.24, 2.45) is 0 Å². The molecule has 0 bridgehead atoms. The number of carbonyl (C=O) groups is 2. The van der Waals surface area contributed by atoms with Crippen LogP contribution in [0.1, 0.15) is 21.9 Å². The molecule has 1 aromatic heterocycles. The van der Waals surface area contributed by atoms with Crippen LogP contribution in [0.4, 0.5) is 0 Å². The Hall–Kier alpha value is -3.63. The van der Waals surface area contributed by atoms with Crippen LogP contribution in [0.25, 0.3) is 0 Å². The standard InChI is InChI=1S/C25H26N2O7S/c1-19-7-10-22(11-8-19)35(30,31)27-15-13-26(14-16-27)24(28)18-33-25(29)23-12-9-21(34-23)17-32-20-5-3-2-4-6-20/h2-12H,13-18H2,1H3. The van der Waals surface area contributed by atoms with E-state index in [0.29, 0.717) is 11.5 Å². The van der Waals surface area contributed by atoms with Crippen molar-refractivity contribution < 1.29 is 31.9 Å². The fourth-order valence-electron chi connectivity index (χ4n) is 3.56. The fourth-order valence-corrected chi connectivity index (χ4v) is 4.99. The fraction of sp³-hybridized carbons (Fsp3) is 0.280. The molecule has 0 unspecified atom stereocenters. The first kappa shape index (κ1) is 24.5. The zero-order valence-electron chi connectivity index (χ0n) is 19.3. The summed E-state index contributed by atoms with van der Waals surface area (Å²) in [4.78, 5) is 26.5. The van der Waals surface area contributed by atoms with Gasteiger partial charge in [-0.05, 0) is 43.3 Å². The molecule has 1 amide bonds. The predicted octanol–water partition coefficient (Wildman–Crippen LogP) is 2.86. The molecular formula is C25H26N2O7S. The molecule has 2 aromatic carbocycles. The van der Waals surface area contributed by atoms with E-state index in [1.807, 2.05) is 37.3 Å². The molecule has 4 rings (SSSR count). The topological polar surface area (TPSA) is 106 Å². The minimum atomic E-state index is -3.62. The van der Waals surface area contributed by atoms with Gasteiger partial charge in [-0.3, -0.25) is 4.79 Å². The van der Waals surface area contributed by atoms with Crippen LogP contribution in [-0.2, 0) is 26.2 Å². The molecule has 1 aliphatic rings. The van der Waals surface area contributed by atoms with Gasteiger partial charge in [-0.25, -0.2) is 13.2 Å². The van der Waals surface area contributed by atoms with Gasteiger partial charge in [0.15, 0.2) is 6.61 Å². The molecule has 0 radical (unpaired) electrons. The van der Waals surface area contributed by atoms with Crippen molar-refractivity contribution in [1.29, 1.82) is 0 Å². The number of hydrogen-bond acceptors (Lipinski definition) is 7. The van der Waals surface area contributed by atoms with E-state index in [-0.39, 0.29) is 43.4 Å². The summed E-state index contributed by atoms with van der Waals surface area (Å²) < 4.78 is 43.1. The van der Waals surface area contributed by atoms with Crippen LogP contribution in [-0.4, -0.2) is 62.3 Å². The molecule has 0 atom stereocenters. The summed E-state index contributed by atoms with van der Waals surface area (Å²) in [6, 6.07) is 18.9. The zero-order chi connectivity index (χ0) is 24.8. The lowest BCUT2D eigenvalue weighted by atomic mass is 10.2. The van der Waals surface area contributed by atoms with Gasteiger partial charge in [0.25, 0.3) is 5.91 Å². The van der Waals surface area contributed by atoms with Crippen molar-refractivity contribution in [3.63, 3.8) is 0 Å². The summed E-state index contributed by atoms with van der Waals surface area (Å²) >= 11 is 0. The maximum absolute atomic E-state index is 12.8. The van der Waals surface area contributed by atoms with E-state index < -0.39 is 28.5 Å². The third-order valence-corrected chi connectivity index (χ3v) is 7.48. The Bertz CT molecular complexity index is 1260. The van der Waals surface area contributed by atoms with Gasteiger partial charge in [0.05, 0.1) is 4.90 Å². The third kappa shape index (κ3) is 6.09. The smallest absolute Gasteiger partial charge is 0.374 e. The van der Waals surface area contributed by atoms with Crippen molar-refractivity contribution >= 4 is 21.9 Å². The van der Waals surface area contributed by atoms with E-state index in [1.54, 1.807) is 30.3 Å². The number of carbonyl (C=O) groups excluding carboxylic acids is 2. The first-order valence-electron chi connectivity index (χ1n) is 11.1. The number of ether oxygens (including phenoxy) is 2. The molecule has 3 aromatic rings. The summed E-state index contributed by atoms with van der Waals surface area (Å²) in [7, 11) is -3.62. The number of amides is 1.